The monoisotopic (exact) mass is 845 g/mol. The molecule has 3 heterocycles. The van der Waals surface area contributed by atoms with Crippen molar-refractivity contribution in [3.63, 3.8) is 0 Å². The van der Waals surface area contributed by atoms with Crippen molar-refractivity contribution in [1.29, 1.82) is 0 Å². The van der Waals surface area contributed by atoms with E-state index in [1.807, 2.05) is 85.8 Å². The predicted octanol–water partition coefficient (Wildman–Crippen LogP) is 6.64. The molecule has 0 aliphatic carbocycles. The van der Waals surface area contributed by atoms with E-state index in [9.17, 15) is 4.79 Å². The minimum Gasteiger partial charge on any atom is -0.497 e. The number of H-pyrrole nitrogens is 1. The molecule has 16 nitrogen and oxygen atoms in total. The Bertz CT molecular complexity index is 2130. The number of aromatic nitrogens is 4. The number of nitrogen functional groups attached to an aromatic ring is 1. The zero-order valence-electron chi connectivity index (χ0n) is 35.4. The van der Waals surface area contributed by atoms with Crippen molar-refractivity contribution in [3.8, 4) is 11.5 Å². The molecule has 1 saturated heterocycles. The van der Waals surface area contributed by atoms with Crippen LogP contribution >= 0.6 is 8.53 Å². The number of fused-ring (bicyclic) bond motifs is 1. The van der Waals surface area contributed by atoms with Crippen molar-refractivity contribution >= 4 is 26.3 Å². The molecule has 60 heavy (non-hydrogen) atoms. The van der Waals surface area contributed by atoms with E-state index in [0.717, 1.165) is 21.2 Å². The molecule has 2 aromatic heterocycles. The van der Waals surface area contributed by atoms with Crippen LogP contribution in [-0.4, -0.2) is 102 Å². The van der Waals surface area contributed by atoms with E-state index in [-0.39, 0.29) is 36.9 Å². The largest absolute Gasteiger partial charge is 0.497 e. The van der Waals surface area contributed by atoms with Gasteiger partial charge in [-0.25, -0.2) is 9.46 Å². The van der Waals surface area contributed by atoms with Gasteiger partial charge >= 0.3 is 14.2 Å². The van der Waals surface area contributed by atoms with Gasteiger partial charge in [-0.05, 0) is 75.1 Å². The topological polar surface area (TPSA) is 179 Å². The number of rotatable bonds is 21. The molecule has 0 spiro atoms. The van der Waals surface area contributed by atoms with E-state index < -0.39 is 44.2 Å². The highest BCUT2D eigenvalue weighted by molar-refractivity contribution is 7.44. The van der Waals surface area contributed by atoms with Gasteiger partial charge in [0.05, 0.1) is 40.2 Å². The molecule has 3 N–H and O–H groups in total. The quantitative estimate of drug-likeness (QED) is 0.0264. The Morgan fingerprint density at radius 1 is 0.917 bits per heavy atom. The first-order valence-electron chi connectivity index (χ1n) is 20.0. The molecule has 1 aliphatic rings. The molecule has 5 aromatic rings. The average Bonchev–Trinajstić information content (AvgIpc) is 3.82. The fourth-order valence-electron chi connectivity index (χ4n) is 7.43. The van der Waals surface area contributed by atoms with Crippen LogP contribution in [0.4, 0.5) is 5.95 Å². The number of nitrogens with zero attached hydrogens (tertiary/aromatic N) is 5. The second-order valence-electron chi connectivity index (χ2n) is 14.7. The molecule has 6 rings (SSSR count). The molecule has 3 aromatic carbocycles. The van der Waals surface area contributed by atoms with Crippen LogP contribution in [0.15, 0.2) is 95.0 Å². The van der Waals surface area contributed by atoms with Crippen LogP contribution < -0.4 is 20.9 Å². The highest BCUT2D eigenvalue weighted by Crippen LogP contribution is 2.52. The minimum atomic E-state index is -1.85. The third kappa shape index (κ3) is 9.66. The smallest absolute Gasteiger partial charge is 0.350 e. The number of nitrogens with one attached hydrogen (secondary N) is 1. The Kier molecular flexibility index (Phi) is 15.3. The zero-order chi connectivity index (χ0) is 42.8. The first-order chi connectivity index (χ1) is 29.1. The van der Waals surface area contributed by atoms with E-state index in [0.29, 0.717) is 30.1 Å². The molecule has 1 aliphatic heterocycles. The average molecular weight is 846 g/mol. The number of benzene rings is 3. The van der Waals surface area contributed by atoms with Crippen LogP contribution in [0, 0.1) is 0 Å². The van der Waals surface area contributed by atoms with Crippen LogP contribution in [0.3, 0.4) is 0 Å². The summed E-state index contributed by atoms with van der Waals surface area (Å²) in [6, 6.07) is 25.6. The van der Waals surface area contributed by atoms with Gasteiger partial charge < -0.3 is 43.3 Å². The Morgan fingerprint density at radius 2 is 1.53 bits per heavy atom. The number of aromatic amines is 1. The third-order valence-corrected chi connectivity index (χ3v) is 12.1. The summed E-state index contributed by atoms with van der Waals surface area (Å²) in [5.41, 5.74) is 7.57. The molecule has 5 unspecified atom stereocenters. The van der Waals surface area contributed by atoms with Gasteiger partial charge in [0.15, 0.2) is 5.65 Å². The highest BCUT2D eigenvalue weighted by atomic mass is 31.2. The SMILES string of the molecule is CC/C=N/OP(OC1C(COC(c2ccccc2)(c2ccc(OC)cc2)c2ccc(OC)cc2)OC(c2cnn3c(=O)[nH]c(N)nc23)C1OCCOC)N(C(C)C)C(C)C. The van der Waals surface area contributed by atoms with Crippen molar-refractivity contribution in [2.24, 2.45) is 5.16 Å². The summed E-state index contributed by atoms with van der Waals surface area (Å²) in [5, 5.41) is 8.67. The summed E-state index contributed by atoms with van der Waals surface area (Å²) in [6.45, 7) is 10.8. The van der Waals surface area contributed by atoms with Gasteiger partial charge in [-0.15, -0.1) is 0 Å². The lowest BCUT2D eigenvalue weighted by Gasteiger charge is -2.38. The maximum Gasteiger partial charge on any atom is 0.350 e. The van der Waals surface area contributed by atoms with Gasteiger partial charge in [0.25, 0.3) is 0 Å². The number of oxime groups is 1. The van der Waals surface area contributed by atoms with E-state index in [1.54, 1.807) is 27.5 Å². The normalized spacial score (nSPS) is 18.9. The molecular formula is C43H56N7O9P. The molecule has 0 saturated carbocycles. The standard InChI is InChI=1S/C43H56N7O9P/c1-9-23-46-59-60(50(28(2)3)29(4)5)58-38-36(57-37(39(38)55-25-24-52-6)35-26-45-49-40(35)47-41(44)48-42(49)51)27-56-43(30-13-11-10-12-14-30,31-15-19-33(53-7)20-16-31)32-17-21-34(54-8)22-18-32/h10-23,26,28-29,36-39H,9,24-25,27H2,1-8H3,(H3,44,47,48,51)/b46-23+. The second-order valence-corrected chi connectivity index (χ2v) is 16.0. The van der Waals surface area contributed by atoms with Gasteiger partial charge in [-0.2, -0.15) is 14.6 Å². The molecule has 0 amide bonds. The zero-order valence-corrected chi connectivity index (χ0v) is 36.3. The van der Waals surface area contributed by atoms with E-state index in [4.69, 9.17) is 43.3 Å². The number of anilines is 1. The number of nitrogens with two attached hydrogens (primary N) is 1. The molecule has 1 fully saturated rings. The molecular weight excluding hydrogens is 789 g/mol. The van der Waals surface area contributed by atoms with Crippen molar-refractivity contribution in [2.75, 3.05) is 46.9 Å². The van der Waals surface area contributed by atoms with Gasteiger partial charge in [-0.1, -0.05) is 66.7 Å². The first-order valence-corrected chi connectivity index (χ1v) is 21.1. The van der Waals surface area contributed by atoms with Gasteiger partial charge in [0, 0.05) is 31.0 Å². The van der Waals surface area contributed by atoms with E-state index in [2.05, 4.69) is 52.6 Å². The van der Waals surface area contributed by atoms with Crippen LogP contribution in [0.5, 0.6) is 11.5 Å². The number of hydrogen-bond donors (Lipinski definition) is 2. The van der Waals surface area contributed by atoms with Crippen LogP contribution in [-0.2, 0) is 33.7 Å². The number of methoxy groups -OCH3 is 3. The van der Waals surface area contributed by atoms with Gasteiger partial charge in [0.1, 0.15) is 41.5 Å². The summed E-state index contributed by atoms with van der Waals surface area (Å²) in [7, 11) is 3.02. The Balaban J connectivity index is 1.52. The molecule has 0 bridgehead atoms. The van der Waals surface area contributed by atoms with Crippen molar-refractivity contribution in [3.05, 3.63) is 118 Å². The lowest BCUT2D eigenvalue weighted by molar-refractivity contribution is -0.0805. The Hall–Kier alpha value is -4.93. The number of hydrogen-bond acceptors (Lipinski definition) is 14. The predicted molar refractivity (Wildman–Crippen MR) is 229 cm³/mol. The summed E-state index contributed by atoms with van der Waals surface area (Å²) < 4.78 is 54.3. The maximum absolute atomic E-state index is 13.0. The van der Waals surface area contributed by atoms with Crippen molar-refractivity contribution < 1.29 is 37.6 Å². The van der Waals surface area contributed by atoms with Crippen molar-refractivity contribution in [2.45, 2.75) is 83.1 Å². The second kappa shape index (κ2) is 20.6. The molecule has 0 radical (unpaired) electrons. The van der Waals surface area contributed by atoms with Gasteiger partial charge in [0.2, 0.25) is 5.95 Å². The molecule has 322 valence electrons. The summed E-state index contributed by atoms with van der Waals surface area (Å²) in [6.07, 6.45) is 0.609. The summed E-state index contributed by atoms with van der Waals surface area (Å²) in [4.78, 5) is 19.9. The summed E-state index contributed by atoms with van der Waals surface area (Å²) in [5.74, 6) is 1.32. The lowest BCUT2D eigenvalue weighted by Crippen LogP contribution is -2.43. The van der Waals surface area contributed by atoms with Crippen LogP contribution in [0.1, 0.15) is 69.4 Å². The van der Waals surface area contributed by atoms with Crippen LogP contribution in [0.2, 0.25) is 0 Å². The lowest BCUT2D eigenvalue weighted by atomic mass is 9.80. The Labute approximate surface area is 351 Å². The van der Waals surface area contributed by atoms with Gasteiger partial charge in [-0.3, -0.25) is 4.98 Å². The van der Waals surface area contributed by atoms with Crippen molar-refractivity contribution in [1.82, 2.24) is 24.3 Å². The van der Waals surface area contributed by atoms with Crippen LogP contribution in [0.25, 0.3) is 5.65 Å². The Morgan fingerprint density at radius 3 is 2.10 bits per heavy atom. The molecule has 5 atom stereocenters. The van der Waals surface area contributed by atoms with E-state index >= 15 is 0 Å². The fraction of sp³-hybridized carbons (Fsp3) is 0.442. The minimum absolute atomic E-state index is 0.0155. The number of ether oxygens (including phenoxy) is 6. The first kappa shape index (κ1) is 44.6. The maximum atomic E-state index is 13.0. The third-order valence-electron chi connectivity index (χ3n) is 10.1. The van der Waals surface area contributed by atoms with E-state index in [1.165, 1.54) is 6.20 Å². The molecule has 17 heteroatoms. The highest BCUT2D eigenvalue weighted by Gasteiger charge is 2.52. The fourth-order valence-corrected chi connectivity index (χ4v) is 9.03. The summed E-state index contributed by atoms with van der Waals surface area (Å²) >= 11 is 0.